The molecule has 1 heterocycles. The standard InChI is InChI=1S/C11H17F2N5O/c12-11(13)4-1-2-8(11)3-5-18-7-9(16-17-18)6-15-10(14)19/h7-8H,1-6H2,(H3,14,15,19). The first-order valence-electron chi connectivity index (χ1n) is 6.27. The van der Waals surface area contributed by atoms with Crippen LogP contribution in [0.1, 0.15) is 31.4 Å². The quantitative estimate of drug-likeness (QED) is 0.847. The Labute approximate surface area is 109 Å². The van der Waals surface area contributed by atoms with Gasteiger partial charge in [0.25, 0.3) is 5.92 Å². The van der Waals surface area contributed by atoms with Crippen LogP contribution in [0.5, 0.6) is 0 Å². The third-order valence-corrected chi connectivity index (χ3v) is 3.40. The second-order valence-corrected chi connectivity index (χ2v) is 4.83. The molecule has 2 amide bonds. The first-order valence-corrected chi connectivity index (χ1v) is 6.27. The van der Waals surface area contributed by atoms with Crippen LogP contribution in [0.2, 0.25) is 0 Å². The molecule has 19 heavy (non-hydrogen) atoms. The number of nitrogens with two attached hydrogens (primary N) is 1. The SMILES string of the molecule is NC(=O)NCc1cn(CCC2CCCC2(F)F)nn1. The Hall–Kier alpha value is -1.73. The molecule has 1 aliphatic carbocycles. The molecule has 8 heteroatoms. The summed E-state index contributed by atoms with van der Waals surface area (Å²) in [7, 11) is 0. The molecule has 1 aliphatic rings. The van der Waals surface area contributed by atoms with Crippen LogP contribution in [-0.4, -0.2) is 26.9 Å². The van der Waals surface area contributed by atoms with Crippen molar-refractivity contribution in [3.8, 4) is 0 Å². The topological polar surface area (TPSA) is 85.8 Å². The van der Waals surface area contributed by atoms with E-state index in [-0.39, 0.29) is 13.0 Å². The molecule has 3 N–H and O–H groups in total. The monoisotopic (exact) mass is 273 g/mol. The molecule has 1 aromatic heterocycles. The summed E-state index contributed by atoms with van der Waals surface area (Å²) in [6.07, 6.45) is 3.16. The maximum atomic E-state index is 13.4. The van der Waals surface area contributed by atoms with Gasteiger partial charge in [0.1, 0.15) is 5.69 Å². The summed E-state index contributed by atoms with van der Waals surface area (Å²) in [5, 5.41) is 10.0. The molecule has 0 bridgehead atoms. The number of amides is 2. The molecule has 1 unspecified atom stereocenters. The summed E-state index contributed by atoms with van der Waals surface area (Å²) in [5.41, 5.74) is 5.48. The van der Waals surface area contributed by atoms with E-state index >= 15 is 0 Å². The van der Waals surface area contributed by atoms with Crippen molar-refractivity contribution < 1.29 is 13.6 Å². The van der Waals surface area contributed by atoms with E-state index in [4.69, 9.17) is 5.73 Å². The van der Waals surface area contributed by atoms with Crippen molar-refractivity contribution in [2.75, 3.05) is 0 Å². The number of halogens is 2. The van der Waals surface area contributed by atoms with Crippen LogP contribution in [0.25, 0.3) is 0 Å². The number of alkyl halides is 2. The highest BCUT2D eigenvalue weighted by Gasteiger charge is 2.43. The van der Waals surface area contributed by atoms with Gasteiger partial charge >= 0.3 is 6.03 Å². The predicted octanol–water partition coefficient (Wildman–Crippen LogP) is 1.27. The van der Waals surface area contributed by atoms with Gasteiger partial charge in [-0.15, -0.1) is 5.10 Å². The summed E-state index contributed by atoms with van der Waals surface area (Å²) in [4.78, 5) is 10.5. The Morgan fingerprint density at radius 3 is 3.05 bits per heavy atom. The molecule has 2 rings (SSSR count). The predicted molar refractivity (Wildman–Crippen MR) is 63.4 cm³/mol. The van der Waals surface area contributed by atoms with Crippen LogP contribution in [-0.2, 0) is 13.1 Å². The first kappa shape index (κ1) is 13.7. The Bertz CT molecular complexity index is 448. The number of aryl methyl sites for hydroxylation is 1. The molecule has 0 aliphatic heterocycles. The molecule has 0 radical (unpaired) electrons. The fourth-order valence-corrected chi connectivity index (χ4v) is 2.35. The number of primary amides is 1. The lowest BCUT2D eigenvalue weighted by atomic mass is 10.0. The minimum absolute atomic E-state index is 0.0111. The Kier molecular flexibility index (Phi) is 3.96. The summed E-state index contributed by atoms with van der Waals surface area (Å²) in [5.74, 6) is -3.11. The molecule has 0 spiro atoms. The summed E-state index contributed by atoms with van der Waals surface area (Å²) < 4.78 is 28.4. The molecule has 1 fully saturated rings. The number of carbonyl (C=O) groups is 1. The van der Waals surface area contributed by atoms with Crippen molar-refractivity contribution >= 4 is 6.03 Å². The highest BCUT2D eigenvalue weighted by molar-refractivity contribution is 5.71. The van der Waals surface area contributed by atoms with Crippen LogP contribution in [0, 0.1) is 5.92 Å². The van der Waals surface area contributed by atoms with E-state index in [1.807, 2.05) is 0 Å². The fraction of sp³-hybridized carbons (Fsp3) is 0.727. The molecule has 6 nitrogen and oxygen atoms in total. The van der Waals surface area contributed by atoms with Gasteiger partial charge in [-0.2, -0.15) is 0 Å². The highest BCUT2D eigenvalue weighted by Crippen LogP contribution is 2.42. The van der Waals surface area contributed by atoms with Crippen LogP contribution < -0.4 is 11.1 Å². The van der Waals surface area contributed by atoms with Crippen molar-refractivity contribution in [2.45, 2.75) is 44.7 Å². The number of rotatable bonds is 5. The van der Waals surface area contributed by atoms with Crippen LogP contribution >= 0.6 is 0 Å². The smallest absolute Gasteiger partial charge is 0.312 e. The van der Waals surface area contributed by atoms with Crippen LogP contribution in [0.3, 0.4) is 0 Å². The van der Waals surface area contributed by atoms with Crippen molar-refractivity contribution in [3.63, 3.8) is 0 Å². The van der Waals surface area contributed by atoms with Crippen molar-refractivity contribution in [1.82, 2.24) is 20.3 Å². The van der Waals surface area contributed by atoms with Gasteiger partial charge < -0.3 is 11.1 Å². The molecular weight excluding hydrogens is 256 g/mol. The number of nitrogens with one attached hydrogen (secondary N) is 1. The number of nitrogens with zero attached hydrogens (tertiary/aromatic N) is 3. The third kappa shape index (κ3) is 3.62. The molecule has 1 aromatic rings. The van der Waals surface area contributed by atoms with Crippen molar-refractivity contribution in [1.29, 1.82) is 0 Å². The van der Waals surface area contributed by atoms with Crippen molar-refractivity contribution in [3.05, 3.63) is 11.9 Å². The van der Waals surface area contributed by atoms with Crippen molar-refractivity contribution in [2.24, 2.45) is 11.7 Å². The minimum Gasteiger partial charge on any atom is -0.352 e. The molecule has 1 saturated carbocycles. The zero-order valence-corrected chi connectivity index (χ0v) is 10.5. The average Bonchev–Trinajstić information content (AvgIpc) is 2.90. The number of hydrogen-bond acceptors (Lipinski definition) is 3. The summed E-state index contributed by atoms with van der Waals surface area (Å²) in [6.45, 7) is 0.596. The summed E-state index contributed by atoms with van der Waals surface area (Å²) in [6, 6.07) is -0.639. The zero-order valence-electron chi connectivity index (χ0n) is 10.5. The molecular formula is C11H17F2N5O. The van der Waals surface area contributed by atoms with Gasteiger partial charge in [-0.25, -0.2) is 13.6 Å². The minimum atomic E-state index is -2.54. The van der Waals surface area contributed by atoms with Gasteiger partial charge in [0, 0.05) is 18.9 Å². The average molecular weight is 273 g/mol. The number of urea groups is 1. The van der Waals surface area contributed by atoms with Gasteiger partial charge in [0.15, 0.2) is 0 Å². The van der Waals surface area contributed by atoms with Crippen LogP contribution in [0.15, 0.2) is 6.20 Å². The van der Waals surface area contributed by atoms with Gasteiger partial charge in [0.05, 0.1) is 12.7 Å². The fourth-order valence-electron chi connectivity index (χ4n) is 2.35. The summed E-state index contributed by atoms with van der Waals surface area (Å²) >= 11 is 0. The van der Waals surface area contributed by atoms with Crippen LogP contribution in [0.4, 0.5) is 13.6 Å². The lowest BCUT2D eigenvalue weighted by molar-refractivity contribution is -0.0408. The van der Waals surface area contributed by atoms with E-state index < -0.39 is 17.9 Å². The lowest BCUT2D eigenvalue weighted by Crippen LogP contribution is -2.28. The highest BCUT2D eigenvalue weighted by atomic mass is 19.3. The van der Waals surface area contributed by atoms with E-state index in [9.17, 15) is 13.6 Å². The van der Waals surface area contributed by atoms with Gasteiger partial charge in [-0.1, -0.05) is 5.21 Å². The maximum absolute atomic E-state index is 13.4. The Morgan fingerprint density at radius 2 is 2.42 bits per heavy atom. The first-order chi connectivity index (χ1) is 8.97. The lowest BCUT2D eigenvalue weighted by Gasteiger charge is -2.18. The second kappa shape index (κ2) is 5.50. The maximum Gasteiger partial charge on any atom is 0.312 e. The van der Waals surface area contributed by atoms with Gasteiger partial charge in [0.2, 0.25) is 0 Å². The third-order valence-electron chi connectivity index (χ3n) is 3.40. The number of carbonyl (C=O) groups excluding carboxylic acids is 1. The van der Waals surface area contributed by atoms with E-state index in [2.05, 4.69) is 15.6 Å². The normalized spacial score (nSPS) is 21.5. The molecule has 1 atom stereocenters. The second-order valence-electron chi connectivity index (χ2n) is 4.83. The largest absolute Gasteiger partial charge is 0.352 e. The number of hydrogen-bond donors (Lipinski definition) is 2. The Morgan fingerprint density at radius 1 is 1.63 bits per heavy atom. The molecule has 106 valence electrons. The molecule has 0 aromatic carbocycles. The Balaban J connectivity index is 1.82. The number of aromatic nitrogens is 3. The van der Waals surface area contributed by atoms with Gasteiger partial charge in [-0.05, 0) is 19.3 Å². The van der Waals surface area contributed by atoms with E-state index in [0.717, 1.165) is 0 Å². The van der Waals surface area contributed by atoms with E-state index in [1.54, 1.807) is 6.20 Å². The van der Waals surface area contributed by atoms with Gasteiger partial charge in [-0.3, -0.25) is 4.68 Å². The van der Waals surface area contributed by atoms with E-state index in [0.29, 0.717) is 31.5 Å². The zero-order chi connectivity index (χ0) is 13.9. The van der Waals surface area contributed by atoms with E-state index in [1.165, 1.54) is 4.68 Å². The molecule has 0 saturated heterocycles.